The van der Waals surface area contributed by atoms with Gasteiger partial charge < -0.3 is 10.1 Å². The maximum Gasteiger partial charge on any atom is 0.251 e. The van der Waals surface area contributed by atoms with Crippen LogP contribution in [0.3, 0.4) is 0 Å². The first-order valence-corrected chi connectivity index (χ1v) is 8.65. The minimum absolute atomic E-state index is 0.136. The van der Waals surface area contributed by atoms with Crippen molar-refractivity contribution < 1.29 is 9.53 Å². The first-order chi connectivity index (χ1) is 12.5. The lowest BCUT2D eigenvalue weighted by Crippen LogP contribution is -2.24. The van der Waals surface area contributed by atoms with E-state index in [2.05, 4.69) is 10.4 Å². The Hall–Kier alpha value is -2.79. The number of aryl methyl sites for hydroxylation is 2. The van der Waals surface area contributed by atoms with E-state index in [9.17, 15) is 4.79 Å². The van der Waals surface area contributed by atoms with Crippen molar-refractivity contribution in [1.82, 2.24) is 15.1 Å². The molecule has 0 spiro atoms. The SMILES string of the molecule is Cc1cc(CNC(=O)c2cccc(COc3ccccc3Cl)c2)n(C)n1. The molecule has 5 nitrogen and oxygen atoms in total. The molecule has 3 rings (SSSR count). The van der Waals surface area contributed by atoms with E-state index in [1.54, 1.807) is 16.8 Å². The number of carbonyl (C=O) groups excluding carboxylic acids is 1. The summed E-state index contributed by atoms with van der Waals surface area (Å²) in [6.45, 7) is 2.69. The molecule has 0 saturated heterocycles. The maximum atomic E-state index is 12.4. The molecule has 0 unspecified atom stereocenters. The van der Waals surface area contributed by atoms with Gasteiger partial charge in [-0.2, -0.15) is 5.10 Å². The van der Waals surface area contributed by atoms with E-state index in [4.69, 9.17) is 16.3 Å². The zero-order chi connectivity index (χ0) is 18.5. The summed E-state index contributed by atoms with van der Waals surface area (Å²) in [5.74, 6) is 0.485. The van der Waals surface area contributed by atoms with E-state index in [0.717, 1.165) is 17.0 Å². The number of nitrogens with one attached hydrogen (secondary N) is 1. The van der Waals surface area contributed by atoms with Crippen molar-refractivity contribution in [3.8, 4) is 5.75 Å². The highest BCUT2D eigenvalue weighted by Crippen LogP contribution is 2.24. The Morgan fingerprint density at radius 3 is 2.73 bits per heavy atom. The predicted octanol–water partition coefficient (Wildman–Crippen LogP) is 3.89. The van der Waals surface area contributed by atoms with Crippen molar-refractivity contribution >= 4 is 17.5 Å². The third-order valence-electron chi connectivity index (χ3n) is 3.95. The summed E-state index contributed by atoms with van der Waals surface area (Å²) in [6.07, 6.45) is 0. The van der Waals surface area contributed by atoms with Gasteiger partial charge in [-0.05, 0) is 42.8 Å². The number of benzene rings is 2. The molecule has 1 amide bonds. The van der Waals surface area contributed by atoms with Crippen molar-refractivity contribution in [3.63, 3.8) is 0 Å². The molecule has 1 aromatic heterocycles. The van der Waals surface area contributed by atoms with Gasteiger partial charge in [0.15, 0.2) is 0 Å². The zero-order valence-electron chi connectivity index (χ0n) is 14.7. The Balaban J connectivity index is 1.62. The highest BCUT2D eigenvalue weighted by Gasteiger charge is 2.09. The molecule has 0 atom stereocenters. The van der Waals surface area contributed by atoms with Gasteiger partial charge in [-0.25, -0.2) is 0 Å². The van der Waals surface area contributed by atoms with Crippen LogP contribution in [0.25, 0.3) is 0 Å². The van der Waals surface area contributed by atoms with Crippen LogP contribution in [0.15, 0.2) is 54.6 Å². The maximum absolute atomic E-state index is 12.4. The fraction of sp³-hybridized carbons (Fsp3) is 0.200. The van der Waals surface area contributed by atoms with Gasteiger partial charge in [0.25, 0.3) is 5.91 Å². The highest BCUT2D eigenvalue weighted by molar-refractivity contribution is 6.32. The molecule has 0 radical (unpaired) electrons. The number of rotatable bonds is 6. The monoisotopic (exact) mass is 369 g/mol. The van der Waals surface area contributed by atoms with Crippen LogP contribution in [0.5, 0.6) is 5.75 Å². The number of amides is 1. The lowest BCUT2D eigenvalue weighted by molar-refractivity contribution is 0.0950. The lowest BCUT2D eigenvalue weighted by atomic mass is 10.1. The van der Waals surface area contributed by atoms with Crippen LogP contribution in [0.2, 0.25) is 5.02 Å². The van der Waals surface area contributed by atoms with Gasteiger partial charge in [0.2, 0.25) is 0 Å². The van der Waals surface area contributed by atoms with Crippen LogP contribution < -0.4 is 10.1 Å². The number of hydrogen-bond acceptors (Lipinski definition) is 3. The summed E-state index contributed by atoms with van der Waals surface area (Å²) in [7, 11) is 1.86. The fourth-order valence-corrected chi connectivity index (χ4v) is 2.82. The van der Waals surface area contributed by atoms with Gasteiger partial charge in [-0.3, -0.25) is 9.48 Å². The average molecular weight is 370 g/mol. The van der Waals surface area contributed by atoms with Crippen molar-refractivity contribution in [1.29, 1.82) is 0 Å². The second kappa shape index (κ2) is 8.06. The van der Waals surface area contributed by atoms with Gasteiger partial charge in [0.1, 0.15) is 12.4 Å². The van der Waals surface area contributed by atoms with Crippen molar-refractivity contribution in [3.05, 3.63) is 82.1 Å². The van der Waals surface area contributed by atoms with E-state index < -0.39 is 0 Å². The molecule has 0 aliphatic rings. The molecular formula is C20H20ClN3O2. The second-order valence-corrected chi connectivity index (χ2v) is 6.41. The summed E-state index contributed by atoms with van der Waals surface area (Å²) in [6, 6.07) is 16.6. The van der Waals surface area contributed by atoms with Gasteiger partial charge in [0.05, 0.1) is 23.0 Å². The molecule has 1 N–H and O–H groups in total. The van der Waals surface area contributed by atoms with E-state index in [-0.39, 0.29) is 5.91 Å². The van der Waals surface area contributed by atoms with E-state index in [1.807, 2.05) is 56.4 Å². The molecule has 26 heavy (non-hydrogen) atoms. The minimum Gasteiger partial charge on any atom is -0.487 e. The Kier molecular flexibility index (Phi) is 5.58. The third-order valence-corrected chi connectivity index (χ3v) is 4.26. The van der Waals surface area contributed by atoms with Crippen molar-refractivity contribution in [2.45, 2.75) is 20.1 Å². The molecule has 134 valence electrons. The topological polar surface area (TPSA) is 56.1 Å². The summed E-state index contributed by atoms with van der Waals surface area (Å²) >= 11 is 6.09. The largest absolute Gasteiger partial charge is 0.487 e. The van der Waals surface area contributed by atoms with E-state index >= 15 is 0 Å². The Bertz CT molecular complexity index is 921. The summed E-state index contributed by atoms with van der Waals surface area (Å²) in [4.78, 5) is 12.4. The number of hydrogen-bond donors (Lipinski definition) is 1. The molecule has 2 aromatic carbocycles. The first-order valence-electron chi connectivity index (χ1n) is 8.27. The molecule has 6 heteroatoms. The van der Waals surface area contributed by atoms with Crippen molar-refractivity contribution in [2.75, 3.05) is 0 Å². The Morgan fingerprint density at radius 1 is 1.19 bits per heavy atom. The molecule has 0 saturated carbocycles. The van der Waals surface area contributed by atoms with Crippen LogP contribution in [-0.2, 0) is 20.2 Å². The quantitative estimate of drug-likeness (QED) is 0.717. The molecule has 0 aliphatic heterocycles. The van der Waals surface area contributed by atoms with E-state index in [0.29, 0.717) is 29.5 Å². The molecule has 3 aromatic rings. The summed E-state index contributed by atoms with van der Waals surface area (Å²) < 4.78 is 7.50. The van der Waals surface area contributed by atoms with E-state index in [1.165, 1.54) is 0 Å². The number of halogens is 1. The molecule has 1 heterocycles. The highest BCUT2D eigenvalue weighted by atomic mass is 35.5. The minimum atomic E-state index is -0.136. The molecule has 0 aliphatic carbocycles. The molecule has 0 bridgehead atoms. The Labute approximate surface area is 157 Å². The number of aromatic nitrogens is 2. The number of nitrogens with zero attached hydrogens (tertiary/aromatic N) is 2. The van der Waals surface area contributed by atoms with Crippen LogP contribution in [0.4, 0.5) is 0 Å². The second-order valence-electron chi connectivity index (χ2n) is 6.00. The van der Waals surface area contributed by atoms with Gasteiger partial charge >= 0.3 is 0 Å². The van der Waals surface area contributed by atoms with Crippen LogP contribution in [-0.4, -0.2) is 15.7 Å². The predicted molar refractivity (Wildman–Crippen MR) is 101 cm³/mol. The van der Waals surface area contributed by atoms with Crippen LogP contribution >= 0.6 is 11.6 Å². The standard InChI is InChI=1S/C20H20ClN3O2/c1-14-10-17(24(2)23-14)12-22-20(25)16-7-5-6-15(11-16)13-26-19-9-4-3-8-18(19)21/h3-11H,12-13H2,1-2H3,(H,22,25). The lowest BCUT2D eigenvalue weighted by Gasteiger charge is -2.10. The van der Waals surface area contributed by atoms with Gasteiger partial charge in [0, 0.05) is 12.6 Å². The summed E-state index contributed by atoms with van der Waals surface area (Å²) in [5, 5.41) is 7.75. The molecule has 0 fully saturated rings. The number of carbonyl (C=O) groups is 1. The average Bonchev–Trinajstić information content (AvgIpc) is 2.96. The van der Waals surface area contributed by atoms with Crippen LogP contribution in [0.1, 0.15) is 27.3 Å². The fourth-order valence-electron chi connectivity index (χ4n) is 2.63. The van der Waals surface area contributed by atoms with Gasteiger partial charge in [-0.15, -0.1) is 0 Å². The smallest absolute Gasteiger partial charge is 0.251 e. The Morgan fingerprint density at radius 2 is 2.00 bits per heavy atom. The third kappa shape index (κ3) is 4.43. The van der Waals surface area contributed by atoms with Crippen LogP contribution in [0, 0.1) is 6.92 Å². The summed E-state index contributed by atoms with van der Waals surface area (Å²) in [5.41, 5.74) is 3.36. The number of ether oxygens (including phenoxy) is 1. The first kappa shape index (κ1) is 18.0. The van der Waals surface area contributed by atoms with Crippen molar-refractivity contribution in [2.24, 2.45) is 7.05 Å². The molecular weight excluding hydrogens is 350 g/mol. The normalized spacial score (nSPS) is 10.6. The van der Waals surface area contributed by atoms with Gasteiger partial charge in [-0.1, -0.05) is 35.9 Å². The zero-order valence-corrected chi connectivity index (χ0v) is 15.5. The number of para-hydroxylation sites is 1.